The van der Waals surface area contributed by atoms with Gasteiger partial charge in [0.05, 0.1) is 23.9 Å². The zero-order chi connectivity index (χ0) is 20.9. The first-order chi connectivity index (χ1) is 13.9. The molecular formula is C23H29N3O2S. The van der Waals surface area contributed by atoms with Gasteiger partial charge >= 0.3 is 0 Å². The van der Waals surface area contributed by atoms with E-state index >= 15 is 0 Å². The van der Waals surface area contributed by atoms with Gasteiger partial charge in [-0.05, 0) is 43.4 Å². The lowest BCUT2D eigenvalue weighted by Crippen LogP contribution is -2.40. The van der Waals surface area contributed by atoms with Crippen LogP contribution in [0.2, 0.25) is 0 Å². The summed E-state index contributed by atoms with van der Waals surface area (Å²) in [5, 5.41) is 11.9. The fourth-order valence-corrected chi connectivity index (χ4v) is 4.98. The second-order valence-corrected chi connectivity index (χ2v) is 10.2. The molecule has 0 radical (unpaired) electrons. The molecule has 1 fully saturated rings. The highest BCUT2D eigenvalue weighted by Gasteiger charge is 2.32. The van der Waals surface area contributed by atoms with Crippen molar-refractivity contribution in [2.45, 2.75) is 56.4 Å². The summed E-state index contributed by atoms with van der Waals surface area (Å²) in [6.07, 6.45) is 2.88. The number of benzene rings is 2. The van der Waals surface area contributed by atoms with Gasteiger partial charge in [-0.2, -0.15) is 5.26 Å². The SMILES string of the molecule is CC(C)S(=O)(=O)NC1CCCC1c1ccc(C(NCC#N)c2ccccc2)cc1. The third-order valence-corrected chi connectivity index (χ3v) is 7.54. The van der Waals surface area contributed by atoms with Crippen LogP contribution in [0.3, 0.4) is 0 Å². The first-order valence-electron chi connectivity index (χ1n) is 10.2. The van der Waals surface area contributed by atoms with Crippen LogP contribution in [0.4, 0.5) is 0 Å². The number of nitrogens with one attached hydrogen (secondary N) is 2. The maximum atomic E-state index is 12.3. The van der Waals surface area contributed by atoms with Gasteiger partial charge in [0.2, 0.25) is 10.0 Å². The monoisotopic (exact) mass is 411 g/mol. The lowest BCUT2D eigenvalue weighted by Gasteiger charge is -2.24. The molecule has 0 aliphatic heterocycles. The zero-order valence-electron chi connectivity index (χ0n) is 17.0. The lowest BCUT2D eigenvalue weighted by molar-refractivity contribution is 0.519. The Hall–Kier alpha value is -2.20. The standard InChI is InChI=1S/C23H29N3O2S/c1-17(2)29(27,28)26-22-10-6-9-21(22)18-11-13-20(14-12-18)23(25-16-15-24)19-7-4-3-5-8-19/h3-5,7-8,11-14,17,21-23,25-26H,6,9-10,16H2,1-2H3. The molecule has 0 aromatic heterocycles. The van der Waals surface area contributed by atoms with E-state index in [2.05, 4.69) is 52.5 Å². The molecule has 3 atom stereocenters. The van der Waals surface area contributed by atoms with E-state index in [1.165, 1.54) is 0 Å². The molecule has 2 aromatic rings. The molecule has 3 unspecified atom stereocenters. The highest BCUT2D eigenvalue weighted by Crippen LogP contribution is 2.36. The fourth-order valence-electron chi connectivity index (χ4n) is 4.00. The summed E-state index contributed by atoms with van der Waals surface area (Å²) in [6.45, 7) is 3.68. The maximum Gasteiger partial charge on any atom is 0.214 e. The van der Waals surface area contributed by atoms with Crippen LogP contribution in [0, 0.1) is 11.3 Å². The van der Waals surface area contributed by atoms with Crippen molar-refractivity contribution in [3.05, 3.63) is 71.3 Å². The quantitative estimate of drug-likeness (QED) is 0.647. The molecule has 1 aliphatic rings. The Morgan fingerprint density at radius 2 is 1.69 bits per heavy atom. The molecule has 1 aliphatic carbocycles. The third-order valence-electron chi connectivity index (χ3n) is 5.67. The Balaban J connectivity index is 1.80. The van der Waals surface area contributed by atoms with Crippen molar-refractivity contribution in [3.63, 3.8) is 0 Å². The molecule has 0 spiro atoms. The molecular weight excluding hydrogens is 382 g/mol. The summed E-state index contributed by atoms with van der Waals surface area (Å²) < 4.78 is 27.6. The lowest BCUT2D eigenvalue weighted by atomic mass is 9.91. The first-order valence-corrected chi connectivity index (χ1v) is 11.7. The van der Waals surface area contributed by atoms with E-state index in [4.69, 9.17) is 5.26 Å². The second-order valence-electron chi connectivity index (χ2n) is 7.90. The minimum atomic E-state index is -3.28. The van der Waals surface area contributed by atoms with Crippen molar-refractivity contribution in [3.8, 4) is 6.07 Å². The molecule has 0 heterocycles. The average Bonchev–Trinajstić information content (AvgIpc) is 3.17. The molecule has 154 valence electrons. The largest absolute Gasteiger partial charge is 0.294 e. The van der Waals surface area contributed by atoms with Gasteiger partial charge in [0.1, 0.15) is 0 Å². The third kappa shape index (κ3) is 5.24. The summed E-state index contributed by atoms with van der Waals surface area (Å²) in [6, 6.07) is 20.5. The van der Waals surface area contributed by atoms with Gasteiger partial charge < -0.3 is 0 Å². The van der Waals surface area contributed by atoms with Gasteiger partial charge in [-0.25, -0.2) is 13.1 Å². The van der Waals surface area contributed by atoms with E-state index in [1.807, 2.05) is 18.2 Å². The minimum absolute atomic E-state index is 0.0464. The van der Waals surface area contributed by atoms with Gasteiger partial charge in [-0.3, -0.25) is 5.32 Å². The van der Waals surface area contributed by atoms with E-state index in [0.717, 1.165) is 36.0 Å². The summed E-state index contributed by atoms with van der Waals surface area (Å²) in [5.74, 6) is 0.194. The zero-order valence-corrected chi connectivity index (χ0v) is 17.8. The molecule has 6 heteroatoms. The van der Waals surface area contributed by atoms with Crippen LogP contribution in [0.15, 0.2) is 54.6 Å². The summed E-state index contributed by atoms with van der Waals surface area (Å²) in [7, 11) is -3.28. The molecule has 1 saturated carbocycles. The summed E-state index contributed by atoms with van der Waals surface area (Å²) in [4.78, 5) is 0. The molecule has 5 nitrogen and oxygen atoms in total. The van der Waals surface area contributed by atoms with Crippen LogP contribution in [0.25, 0.3) is 0 Å². The van der Waals surface area contributed by atoms with Crippen LogP contribution in [0.1, 0.15) is 61.8 Å². The number of nitrogens with zero attached hydrogens (tertiary/aromatic N) is 1. The maximum absolute atomic E-state index is 12.3. The predicted octanol–water partition coefficient (Wildman–Crippen LogP) is 3.85. The number of nitriles is 1. The van der Waals surface area contributed by atoms with Crippen molar-refractivity contribution in [1.82, 2.24) is 10.0 Å². The molecule has 0 amide bonds. The Kier molecular flexibility index (Phi) is 7.07. The van der Waals surface area contributed by atoms with Crippen LogP contribution in [-0.2, 0) is 10.0 Å². The van der Waals surface area contributed by atoms with Gasteiger partial charge in [-0.1, -0.05) is 61.0 Å². The van der Waals surface area contributed by atoms with Crippen molar-refractivity contribution in [1.29, 1.82) is 5.26 Å². The van der Waals surface area contributed by atoms with E-state index in [0.29, 0.717) is 0 Å². The molecule has 0 saturated heterocycles. The van der Waals surface area contributed by atoms with Crippen molar-refractivity contribution < 1.29 is 8.42 Å². The van der Waals surface area contributed by atoms with E-state index in [-0.39, 0.29) is 24.5 Å². The Bertz CT molecular complexity index is 934. The average molecular weight is 412 g/mol. The molecule has 3 rings (SSSR count). The van der Waals surface area contributed by atoms with E-state index < -0.39 is 15.3 Å². The molecule has 2 aromatic carbocycles. The van der Waals surface area contributed by atoms with Crippen LogP contribution in [-0.4, -0.2) is 26.3 Å². The summed E-state index contributed by atoms with van der Waals surface area (Å²) >= 11 is 0. The Morgan fingerprint density at radius 3 is 2.31 bits per heavy atom. The summed E-state index contributed by atoms with van der Waals surface area (Å²) in [5.41, 5.74) is 3.36. The number of sulfonamides is 1. The van der Waals surface area contributed by atoms with E-state index in [1.54, 1.807) is 13.8 Å². The van der Waals surface area contributed by atoms with Gasteiger partial charge in [0.25, 0.3) is 0 Å². The van der Waals surface area contributed by atoms with Gasteiger partial charge in [0.15, 0.2) is 0 Å². The molecule has 2 N–H and O–H groups in total. The predicted molar refractivity (Wildman–Crippen MR) is 116 cm³/mol. The molecule has 0 bridgehead atoms. The van der Waals surface area contributed by atoms with Crippen LogP contribution < -0.4 is 10.0 Å². The van der Waals surface area contributed by atoms with Crippen molar-refractivity contribution in [2.75, 3.05) is 6.54 Å². The topological polar surface area (TPSA) is 82.0 Å². The van der Waals surface area contributed by atoms with Crippen molar-refractivity contribution in [2.24, 2.45) is 0 Å². The van der Waals surface area contributed by atoms with Gasteiger partial charge in [-0.15, -0.1) is 0 Å². The number of rotatable bonds is 8. The minimum Gasteiger partial charge on any atom is -0.294 e. The van der Waals surface area contributed by atoms with Crippen LogP contribution >= 0.6 is 0 Å². The smallest absolute Gasteiger partial charge is 0.214 e. The van der Waals surface area contributed by atoms with Crippen molar-refractivity contribution >= 4 is 10.0 Å². The van der Waals surface area contributed by atoms with Gasteiger partial charge in [0, 0.05) is 12.0 Å². The number of hydrogen-bond acceptors (Lipinski definition) is 4. The normalized spacial score (nSPS) is 20.5. The number of hydrogen-bond donors (Lipinski definition) is 2. The fraction of sp³-hybridized carbons (Fsp3) is 0.435. The Morgan fingerprint density at radius 1 is 1.03 bits per heavy atom. The molecule has 29 heavy (non-hydrogen) atoms. The first kappa shape index (κ1) is 21.5. The highest BCUT2D eigenvalue weighted by atomic mass is 32.2. The Labute approximate surface area is 174 Å². The van der Waals surface area contributed by atoms with Crippen LogP contribution in [0.5, 0.6) is 0 Å². The second kappa shape index (κ2) is 9.53. The van der Waals surface area contributed by atoms with E-state index in [9.17, 15) is 8.42 Å². The highest BCUT2D eigenvalue weighted by molar-refractivity contribution is 7.90.